The maximum atomic E-state index is 5.38. The largest absolute Gasteiger partial charge is 0.334 e. The minimum absolute atomic E-state index is 0.00579. The van der Waals surface area contributed by atoms with Crippen molar-refractivity contribution in [1.82, 2.24) is 14.0 Å². The molecule has 1 aliphatic heterocycles. The number of hydrogen-bond donors (Lipinski definition) is 0. The van der Waals surface area contributed by atoms with E-state index in [1.807, 2.05) is 0 Å². The summed E-state index contributed by atoms with van der Waals surface area (Å²) < 4.78 is 4.72. The summed E-state index contributed by atoms with van der Waals surface area (Å²) in [5.74, 6) is 0.907. The molecule has 0 radical (unpaired) electrons. The lowest BCUT2D eigenvalue weighted by molar-refractivity contribution is 0.410. The van der Waals surface area contributed by atoms with E-state index < -0.39 is 0 Å². The molecule has 0 spiro atoms. The second-order valence-corrected chi connectivity index (χ2v) is 14.5. The van der Waals surface area contributed by atoms with E-state index in [0.29, 0.717) is 0 Å². The Morgan fingerprint density at radius 2 is 0.891 bits per heavy atom. The highest BCUT2D eigenvalue weighted by atomic mass is 15.3. The Labute approximate surface area is 319 Å². The van der Waals surface area contributed by atoms with Crippen LogP contribution >= 0.6 is 0 Å². The van der Waals surface area contributed by atoms with E-state index >= 15 is 0 Å². The van der Waals surface area contributed by atoms with Gasteiger partial charge in [0.15, 0.2) is 0 Å². The minimum atomic E-state index is -0.00579. The Morgan fingerprint density at radius 3 is 1.56 bits per heavy atom. The van der Waals surface area contributed by atoms with Crippen molar-refractivity contribution in [2.45, 2.75) is 6.04 Å². The van der Waals surface area contributed by atoms with Gasteiger partial charge in [0.1, 0.15) is 0 Å². The monoisotopic (exact) mass is 704 g/mol. The normalized spacial score (nSPS) is 14.2. The number of aromatic nitrogens is 2. The summed E-state index contributed by atoms with van der Waals surface area (Å²) in [6.07, 6.45) is 0. The maximum Gasteiger partial charge on any atom is 0.211 e. The summed E-state index contributed by atoms with van der Waals surface area (Å²) in [6.45, 7) is 0. The Morgan fingerprint density at radius 1 is 0.400 bits per heavy atom. The summed E-state index contributed by atoms with van der Waals surface area (Å²) in [6, 6.07) is 70.1. The van der Waals surface area contributed by atoms with Crippen LogP contribution in [0.5, 0.6) is 0 Å². The summed E-state index contributed by atoms with van der Waals surface area (Å²) in [4.78, 5) is 7.73. The first-order chi connectivity index (χ1) is 27.2. The molecular weight excluding hydrogens is 669 g/mol. The van der Waals surface area contributed by atoms with Crippen LogP contribution in [0.3, 0.4) is 0 Å². The van der Waals surface area contributed by atoms with Crippen LogP contribution in [0.1, 0.15) is 17.2 Å². The van der Waals surface area contributed by atoms with Gasteiger partial charge in [-0.25, -0.2) is 4.99 Å². The number of benzene rings is 8. The van der Waals surface area contributed by atoms with E-state index in [9.17, 15) is 0 Å². The second-order valence-electron chi connectivity index (χ2n) is 14.5. The zero-order chi connectivity index (χ0) is 36.5. The maximum absolute atomic E-state index is 5.38. The van der Waals surface area contributed by atoms with Crippen molar-refractivity contribution >= 4 is 55.3 Å². The highest BCUT2D eigenvalue weighted by molar-refractivity contribution is 6.16. The lowest BCUT2D eigenvalue weighted by Crippen LogP contribution is -2.38. The molecule has 1 atom stereocenters. The third kappa shape index (κ3) is 4.95. The van der Waals surface area contributed by atoms with Crippen molar-refractivity contribution in [1.29, 1.82) is 0 Å². The van der Waals surface area contributed by atoms with Gasteiger partial charge >= 0.3 is 0 Å². The van der Waals surface area contributed by atoms with Crippen LogP contribution in [0.2, 0.25) is 0 Å². The fraction of sp³-hybridized carbons (Fsp3) is 0.0392. The number of fused-ring (bicyclic) bond motifs is 7. The van der Waals surface area contributed by atoms with Gasteiger partial charge in [-0.3, -0.25) is 4.57 Å². The molecule has 0 saturated carbocycles. The molecule has 0 saturated heterocycles. The van der Waals surface area contributed by atoms with Gasteiger partial charge in [0.25, 0.3) is 0 Å². The molecule has 1 aliphatic rings. The first kappa shape index (κ1) is 31.4. The molecule has 0 fully saturated rings. The molecule has 0 aliphatic carbocycles. The van der Waals surface area contributed by atoms with Crippen molar-refractivity contribution < 1.29 is 0 Å². The van der Waals surface area contributed by atoms with Crippen molar-refractivity contribution in [2.24, 2.45) is 4.99 Å². The van der Waals surface area contributed by atoms with Gasteiger partial charge in [0.2, 0.25) is 5.96 Å². The van der Waals surface area contributed by atoms with Crippen molar-refractivity contribution in [3.63, 3.8) is 0 Å². The van der Waals surface area contributed by atoms with E-state index in [4.69, 9.17) is 4.99 Å². The zero-order valence-electron chi connectivity index (χ0n) is 30.3. The molecular formula is C51H36N4. The van der Waals surface area contributed by atoms with Crippen molar-refractivity contribution in [2.75, 3.05) is 7.05 Å². The van der Waals surface area contributed by atoms with Gasteiger partial charge in [0, 0.05) is 39.8 Å². The van der Waals surface area contributed by atoms with Crippen LogP contribution in [-0.4, -0.2) is 27.0 Å². The average molecular weight is 705 g/mol. The van der Waals surface area contributed by atoms with Gasteiger partial charge in [-0.05, 0) is 82.4 Å². The molecule has 0 N–H and O–H groups in total. The van der Waals surface area contributed by atoms with Gasteiger partial charge in [-0.15, -0.1) is 0 Å². The lowest BCUT2D eigenvalue weighted by atomic mass is 9.93. The first-order valence-electron chi connectivity index (χ1n) is 18.9. The molecule has 0 amide bonds. The average Bonchev–Trinajstić information content (AvgIpc) is 3.76. The molecule has 260 valence electrons. The predicted octanol–water partition coefficient (Wildman–Crippen LogP) is 12.8. The Kier molecular flexibility index (Phi) is 7.11. The molecule has 10 aromatic rings. The Balaban J connectivity index is 1.05. The molecule has 4 heteroatoms. The van der Waals surface area contributed by atoms with Crippen LogP contribution < -0.4 is 0 Å². The fourth-order valence-electron chi connectivity index (χ4n) is 8.81. The summed E-state index contributed by atoms with van der Waals surface area (Å²) in [5, 5.41) is 4.92. The number of rotatable bonds is 4. The second kappa shape index (κ2) is 12.5. The quantitative estimate of drug-likeness (QED) is 0.179. The van der Waals surface area contributed by atoms with E-state index in [-0.39, 0.29) is 6.04 Å². The molecule has 0 bridgehead atoms. The van der Waals surface area contributed by atoms with E-state index in [0.717, 1.165) is 22.7 Å². The zero-order valence-corrected chi connectivity index (χ0v) is 30.3. The Bertz CT molecular complexity index is 3100. The fourth-order valence-corrected chi connectivity index (χ4v) is 8.81. The minimum Gasteiger partial charge on any atom is -0.334 e. The molecule has 1 unspecified atom stereocenters. The highest BCUT2D eigenvalue weighted by Crippen LogP contribution is 2.42. The SMILES string of the molecule is CN1C(n2c3ccccc3c3cc(-c4ccc5c(c4)c4ccccc4n5-c4ccccc4)ccc32)=Nc2ccccc2C1c1ccc(-c2ccccc2)cc1. The van der Waals surface area contributed by atoms with Crippen molar-refractivity contribution in [3.05, 3.63) is 205 Å². The number of hydrogen-bond acceptors (Lipinski definition) is 2. The highest BCUT2D eigenvalue weighted by Gasteiger charge is 2.31. The number of nitrogens with zero attached hydrogens (tertiary/aromatic N) is 4. The molecule has 3 heterocycles. The Hall–Kier alpha value is -7.17. The van der Waals surface area contributed by atoms with Crippen LogP contribution in [0.15, 0.2) is 199 Å². The molecule has 4 nitrogen and oxygen atoms in total. The van der Waals surface area contributed by atoms with Crippen LogP contribution in [0, 0.1) is 0 Å². The third-order valence-corrected chi connectivity index (χ3v) is 11.4. The summed E-state index contributed by atoms with van der Waals surface area (Å²) in [7, 11) is 2.18. The van der Waals surface area contributed by atoms with Gasteiger partial charge in [-0.2, -0.15) is 0 Å². The molecule has 8 aromatic carbocycles. The predicted molar refractivity (Wildman–Crippen MR) is 230 cm³/mol. The van der Waals surface area contributed by atoms with Gasteiger partial charge < -0.3 is 9.47 Å². The lowest BCUT2D eigenvalue weighted by Gasteiger charge is -2.36. The number of para-hydroxylation sites is 4. The van der Waals surface area contributed by atoms with Crippen LogP contribution in [0.25, 0.3) is 71.6 Å². The first-order valence-corrected chi connectivity index (χ1v) is 18.9. The standard InChI is InChI=1S/C51H36N4/c1-53-50(36-26-24-35(25-27-36)34-14-4-2-5-15-34)42-20-8-11-21-45(42)52-51(53)55-47-23-13-10-19-41(47)44-33-38(29-31-49(44)55)37-28-30-48-43(32-37)40-18-9-12-22-46(40)54(48)39-16-6-3-7-17-39/h2-33,50H,1H3. The van der Waals surface area contributed by atoms with Crippen LogP contribution in [-0.2, 0) is 0 Å². The van der Waals surface area contributed by atoms with Gasteiger partial charge in [-0.1, -0.05) is 140 Å². The van der Waals surface area contributed by atoms with Gasteiger partial charge in [0.05, 0.1) is 33.8 Å². The topological polar surface area (TPSA) is 25.5 Å². The molecule has 55 heavy (non-hydrogen) atoms. The van der Waals surface area contributed by atoms with E-state index in [2.05, 4.69) is 215 Å². The summed E-state index contributed by atoms with van der Waals surface area (Å²) in [5.41, 5.74) is 14.1. The number of aliphatic imine (C=N–C) groups is 1. The van der Waals surface area contributed by atoms with E-state index in [1.54, 1.807) is 0 Å². The third-order valence-electron chi connectivity index (χ3n) is 11.4. The van der Waals surface area contributed by atoms with Crippen LogP contribution in [0.4, 0.5) is 5.69 Å². The molecule has 2 aromatic heterocycles. The summed E-state index contributed by atoms with van der Waals surface area (Å²) >= 11 is 0. The smallest absolute Gasteiger partial charge is 0.211 e. The molecule has 11 rings (SSSR count). The van der Waals surface area contributed by atoms with E-state index in [1.165, 1.54) is 71.6 Å². The van der Waals surface area contributed by atoms with Crippen molar-refractivity contribution in [3.8, 4) is 27.9 Å².